The number of hydrogen-bond acceptors (Lipinski definition) is 2. The number of halogens is 1. The summed E-state index contributed by atoms with van der Waals surface area (Å²) in [6.07, 6.45) is 3.64. The molecule has 1 aromatic carbocycles. The zero-order valence-corrected chi connectivity index (χ0v) is 11.0. The number of nitrogen functional groups attached to an aromatic ring is 1. The first-order chi connectivity index (χ1) is 7.66. The van der Waals surface area contributed by atoms with Crippen molar-refractivity contribution in [2.75, 3.05) is 5.75 Å². The number of benzene rings is 1. The molecule has 0 fully saturated rings. The molecule has 0 bridgehead atoms. The SMILES string of the molecule is CCCCCSc1cccc(Cl)c1C(=N)N. The molecule has 0 spiro atoms. The number of nitrogens with two attached hydrogens (primary N) is 1. The van der Waals surface area contributed by atoms with Crippen molar-refractivity contribution in [2.45, 2.75) is 31.1 Å². The second-order valence-electron chi connectivity index (χ2n) is 3.58. The second kappa shape index (κ2) is 6.81. The van der Waals surface area contributed by atoms with Gasteiger partial charge >= 0.3 is 0 Å². The number of rotatable bonds is 6. The van der Waals surface area contributed by atoms with Crippen molar-refractivity contribution in [3.05, 3.63) is 28.8 Å². The molecule has 0 saturated heterocycles. The largest absolute Gasteiger partial charge is 0.384 e. The predicted molar refractivity (Wildman–Crippen MR) is 72.7 cm³/mol. The molecule has 0 saturated carbocycles. The first-order valence-electron chi connectivity index (χ1n) is 5.42. The van der Waals surface area contributed by atoms with Crippen molar-refractivity contribution >= 4 is 29.2 Å². The Morgan fingerprint density at radius 1 is 1.44 bits per heavy atom. The summed E-state index contributed by atoms with van der Waals surface area (Å²) in [5.41, 5.74) is 6.20. The van der Waals surface area contributed by atoms with E-state index in [0.29, 0.717) is 10.6 Å². The van der Waals surface area contributed by atoms with Gasteiger partial charge in [-0.1, -0.05) is 37.4 Å². The van der Waals surface area contributed by atoms with Gasteiger partial charge in [-0.05, 0) is 24.3 Å². The number of unbranched alkanes of at least 4 members (excludes halogenated alkanes) is 2. The van der Waals surface area contributed by atoms with Crippen molar-refractivity contribution in [1.82, 2.24) is 0 Å². The molecule has 0 aliphatic carbocycles. The zero-order chi connectivity index (χ0) is 12.0. The highest BCUT2D eigenvalue weighted by Crippen LogP contribution is 2.28. The fraction of sp³-hybridized carbons (Fsp3) is 0.417. The Morgan fingerprint density at radius 2 is 2.19 bits per heavy atom. The van der Waals surface area contributed by atoms with E-state index in [2.05, 4.69) is 6.92 Å². The molecule has 0 aliphatic heterocycles. The number of nitrogens with one attached hydrogen (secondary N) is 1. The Kier molecular flexibility index (Phi) is 5.71. The highest BCUT2D eigenvalue weighted by molar-refractivity contribution is 7.99. The first-order valence-corrected chi connectivity index (χ1v) is 6.79. The molecule has 0 aliphatic rings. The van der Waals surface area contributed by atoms with Crippen molar-refractivity contribution in [3.63, 3.8) is 0 Å². The molecule has 0 unspecified atom stereocenters. The molecule has 3 N–H and O–H groups in total. The third-order valence-corrected chi connectivity index (χ3v) is 3.71. The Bertz CT molecular complexity index is 366. The van der Waals surface area contributed by atoms with Gasteiger partial charge in [0.05, 0.1) is 5.02 Å². The van der Waals surface area contributed by atoms with Gasteiger partial charge in [-0.15, -0.1) is 11.8 Å². The molecule has 0 aromatic heterocycles. The van der Waals surface area contributed by atoms with Crippen molar-refractivity contribution in [1.29, 1.82) is 5.41 Å². The van der Waals surface area contributed by atoms with Gasteiger partial charge in [0.25, 0.3) is 0 Å². The molecular formula is C12H17ClN2S. The molecular weight excluding hydrogens is 240 g/mol. The summed E-state index contributed by atoms with van der Waals surface area (Å²) in [5, 5.41) is 8.08. The maximum absolute atomic E-state index is 7.51. The van der Waals surface area contributed by atoms with Crippen LogP contribution >= 0.6 is 23.4 Å². The molecule has 0 heterocycles. The van der Waals surface area contributed by atoms with E-state index >= 15 is 0 Å². The molecule has 4 heteroatoms. The Labute approximate surface area is 106 Å². The van der Waals surface area contributed by atoms with Gasteiger partial charge in [0.2, 0.25) is 0 Å². The normalized spacial score (nSPS) is 10.4. The standard InChI is InChI=1S/C12H17ClN2S/c1-2-3-4-8-16-10-7-5-6-9(13)11(10)12(14)15/h5-7H,2-4,8H2,1H3,(H3,14,15). The molecule has 0 atom stereocenters. The minimum Gasteiger partial charge on any atom is -0.384 e. The van der Waals surface area contributed by atoms with Crippen LogP contribution in [-0.2, 0) is 0 Å². The van der Waals surface area contributed by atoms with Crippen LogP contribution in [-0.4, -0.2) is 11.6 Å². The van der Waals surface area contributed by atoms with Crippen molar-refractivity contribution in [2.24, 2.45) is 5.73 Å². The number of thioether (sulfide) groups is 1. The zero-order valence-electron chi connectivity index (χ0n) is 9.42. The molecule has 0 amide bonds. The summed E-state index contributed by atoms with van der Waals surface area (Å²) in [6.45, 7) is 2.19. The van der Waals surface area contributed by atoms with Crippen LogP contribution in [0.15, 0.2) is 23.1 Å². The quantitative estimate of drug-likeness (QED) is 0.351. The third kappa shape index (κ3) is 3.72. The minimum atomic E-state index is 0.0450. The third-order valence-electron chi connectivity index (χ3n) is 2.25. The molecule has 88 valence electrons. The van der Waals surface area contributed by atoms with E-state index in [1.807, 2.05) is 12.1 Å². The van der Waals surface area contributed by atoms with Gasteiger partial charge in [-0.2, -0.15) is 0 Å². The maximum atomic E-state index is 7.51. The topological polar surface area (TPSA) is 49.9 Å². The summed E-state index contributed by atoms with van der Waals surface area (Å²) in [6, 6.07) is 5.64. The van der Waals surface area contributed by atoms with Crippen LogP contribution in [0.3, 0.4) is 0 Å². The summed E-state index contributed by atoms with van der Waals surface area (Å²) in [7, 11) is 0. The van der Waals surface area contributed by atoms with E-state index in [0.717, 1.165) is 10.6 Å². The Balaban J connectivity index is 2.71. The van der Waals surface area contributed by atoms with Crippen molar-refractivity contribution < 1.29 is 0 Å². The highest BCUT2D eigenvalue weighted by atomic mass is 35.5. The summed E-state index contributed by atoms with van der Waals surface area (Å²) < 4.78 is 0. The van der Waals surface area contributed by atoms with Gasteiger partial charge in [0.1, 0.15) is 5.84 Å². The summed E-state index contributed by atoms with van der Waals surface area (Å²) in [5.74, 6) is 1.10. The van der Waals surface area contributed by atoms with Crippen LogP contribution in [0.25, 0.3) is 0 Å². The van der Waals surface area contributed by atoms with Gasteiger partial charge in [0, 0.05) is 10.5 Å². The van der Waals surface area contributed by atoms with Gasteiger partial charge in [0.15, 0.2) is 0 Å². The van der Waals surface area contributed by atoms with Crippen molar-refractivity contribution in [3.8, 4) is 0 Å². The molecule has 1 aromatic rings. The van der Waals surface area contributed by atoms with Gasteiger partial charge < -0.3 is 5.73 Å². The lowest BCUT2D eigenvalue weighted by Crippen LogP contribution is -2.13. The van der Waals surface area contributed by atoms with E-state index < -0.39 is 0 Å². The summed E-state index contributed by atoms with van der Waals surface area (Å²) in [4.78, 5) is 1.01. The average molecular weight is 257 g/mol. The lowest BCUT2D eigenvalue weighted by molar-refractivity contribution is 0.778. The fourth-order valence-corrected chi connectivity index (χ4v) is 2.86. The van der Waals surface area contributed by atoms with Crippen LogP contribution < -0.4 is 5.73 Å². The number of hydrogen-bond donors (Lipinski definition) is 2. The van der Waals surface area contributed by atoms with Crippen LogP contribution in [0, 0.1) is 5.41 Å². The van der Waals surface area contributed by atoms with Crippen LogP contribution in [0.2, 0.25) is 5.02 Å². The van der Waals surface area contributed by atoms with Crippen LogP contribution in [0.1, 0.15) is 31.7 Å². The van der Waals surface area contributed by atoms with E-state index in [1.54, 1.807) is 17.8 Å². The van der Waals surface area contributed by atoms with E-state index in [1.165, 1.54) is 19.3 Å². The Morgan fingerprint density at radius 3 is 2.81 bits per heavy atom. The van der Waals surface area contributed by atoms with Gasteiger partial charge in [-0.25, -0.2) is 0 Å². The molecule has 1 rings (SSSR count). The fourth-order valence-electron chi connectivity index (χ4n) is 1.42. The maximum Gasteiger partial charge on any atom is 0.125 e. The first kappa shape index (κ1) is 13.4. The summed E-state index contributed by atoms with van der Waals surface area (Å²) >= 11 is 7.75. The predicted octanol–water partition coefficient (Wildman–Crippen LogP) is 3.91. The van der Waals surface area contributed by atoms with E-state index in [-0.39, 0.29) is 5.84 Å². The van der Waals surface area contributed by atoms with Crippen LogP contribution in [0.4, 0.5) is 0 Å². The highest BCUT2D eigenvalue weighted by Gasteiger charge is 2.09. The van der Waals surface area contributed by atoms with Gasteiger partial charge in [-0.3, -0.25) is 5.41 Å². The molecule has 16 heavy (non-hydrogen) atoms. The van der Waals surface area contributed by atoms with E-state index in [9.17, 15) is 0 Å². The lowest BCUT2D eigenvalue weighted by atomic mass is 10.2. The Hall–Kier alpha value is -0.670. The molecule has 0 radical (unpaired) electrons. The van der Waals surface area contributed by atoms with E-state index in [4.69, 9.17) is 22.7 Å². The average Bonchev–Trinajstić information content (AvgIpc) is 2.24. The smallest absolute Gasteiger partial charge is 0.125 e. The number of amidine groups is 1. The molecule has 2 nitrogen and oxygen atoms in total. The second-order valence-corrected chi connectivity index (χ2v) is 5.13. The monoisotopic (exact) mass is 256 g/mol. The lowest BCUT2D eigenvalue weighted by Gasteiger charge is -2.09. The minimum absolute atomic E-state index is 0.0450. The van der Waals surface area contributed by atoms with Crippen LogP contribution in [0.5, 0.6) is 0 Å².